The molecule has 9 nitrogen and oxygen atoms in total. The molecule has 11 heteroatoms. The normalized spacial score (nSPS) is 35.3. The molecule has 3 rings (SSSR count). The van der Waals surface area contributed by atoms with Gasteiger partial charge in [0.05, 0.1) is 6.33 Å². The summed E-state index contributed by atoms with van der Waals surface area (Å²) in [5.41, 5.74) is 4.88. The minimum atomic E-state index is -2.75. The molecule has 4 atom stereocenters. The SMILES string of the molecule is C[C@]1(Cl)[C@H](n2cnc3c(=O)[nH]c(N)nc32)O[C@](F)(CO)[C@H]1O. The van der Waals surface area contributed by atoms with Gasteiger partial charge in [0, 0.05) is 0 Å². The van der Waals surface area contributed by atoms with Gasteiger partial charge in [0.1, 0.15) is 17.6 Å². The zero-order chi connectivity index (χ0) is 16.3. The molecule has 0 unspecified atom stereocenters. The van der Waals surface area contributed by atoms with E-state index in [9.17, 15) is 14.3 Å². The first-order chi connectivity index (χ1) is 10.2. The van der Waals surface area contributed by atoms with Crippen molar-refractivity contribution < 1.29 is 19.3 Å². The maximum Gasteiger partial charge on any atom is 0.280 e. The van der Waals surface area contributed by atoms with Crippen molar-refractivity contribution in [3.8, 4) is 0 Å². The van der Waals surface area contributed by atoms with Crippen LogP contribution in [0.2, 0.25) is 0 Å². The van der Waals surface area contributed by atoms with Crippen LogP contribution in [0.4, 0.5) is 10.3 Å². The third-order valence-electron chi connectivity index (χ3n) is 3.65. The van der Waals surface area contributed by atoms with E-state index in [-0.39, 0.29) is 17.1 Å². The summed E-state index contributed by atoms with van der Waals surface area (Å²) in [7, 11) is 0. The molecule has 1 fully saturated rings. The number of nitrogen functional groups attached to an aromatic ring is 1. The van der Waals surface area contributed by atoms with Gasteiger partial charge in [-0.3, -0.25) is 14.3 Å². The summed E-state index contributed by atoms with van der Waals surface area (Å²) in [5, 5.41) is 19.1. The number of anilines is 1. The number of imidazole rings is 1. The van der Waals surface area contributed by atoms with Crippen molar-refractivity contribution in [2.24, 2.45) is 0 Å². The Hall–Kier alpha value is -1.75. The van der Waals surface area contributed by atoms with Crippen LogP contribution in [0.25, 0.3) is 11.2 Å². The number of nitrogens with zero attached hydrogens (tertiary/aromatic N) is 3. The van der Waals surface area contributed by atoms with Crippen LogP contribution in [-0.2, 0) is 4.74 Å². The van der Waals surface area contributed by atoms with Crippen molar-refractivity contribution in [1.29, 1.82) is 0 Å². The minimum Gasteiger partial charge on any atom is -0.390 e. The third-order valence-corrected chi connectivity index (χ3v) is 4.05. The Balaban J connectivity index is 2.18. The van der Waals surface area contributed by atoms with Crippen LogP contribution in [0.15, 0.2) is 11.1 Å². The standard InChI is InChI=1S/C11H13ClFN5O4/c1-10(12)7(21)11(13,2-19)22-8(10)18-3-15-4-5(18)16-9(14)17-6(4)20/h3,7-8,19,21H,2H2,1H3,(H3,14,16,17,20)/t7-,8+,10+,11+/m0/s1. The summed E-state index contributed by atoms with van der Waals surface area (Å²) in [6.07, 6.45) is -1.90. The fourth-order valence-corrected chi connectivity index (χ4v) is 2.80. The highest BCUT2D eigenvalue weighted by Gasteiger charge is 2.62. The predicted octanol–water partition coefficient (Wildman–Crippen LogP) is -0.753. The minimum absolute atomic E-state index is 0.0208. The van der Waals surface area contributed by atoms with Gasteiger partial charge in [-0.1, -0.05) is 0 Å². The van der Waals surface area contributed by atoms with Gasteiger partial charge in [-0.2, -0.15) is 4.98 Å². The highest BCUT2D eigenvalue weighted by Crippen LogP contribution is 2.49. The topological polar surface area (TPSA) is 139 Å². The van der Waals surface area contributed by atoms with Gasteiger partial charge in [0.15, 0.2) is 17.4 Å². The van der Waals surface area contributed by atoms with Gasteiger partial charge in [-0.25, -0.2) is 9.37 Å². The van der Waals surface area contributed by atoms with Crippen molar-refractivity contribution in [2.75, 3.05) is 12.3 Å². The first-order valence-corrected chi connectivity index (χ1v) is 6.65. The molecule has 2 aromatic rings. The van der Waals surface area contributed by atoms with Gasteiger partial charge < -0.3 is 20.7 Å². The van der Waals surface area contributed by atoms with Crippen molar-refractivity contribution >= 4 is 28.7 Å². The number of ether oxygens (including phenoxy) is 1. The van der Waals surface area contributed by atoms with E-state index >= 15 is 0 Å². The van der Waals surface area contributed by atoms with E-state index in [1.165, 1.54) is 17.8 Å². The predicted molar refractivity (Wildman–Crippen MR) is 73.9 cm³/mol. The first-order valence-electron chi connectivity index (χ1n) is 6.27. The number of fused-ring (bicyclic) bond motifs is 1. The lowest BCUT2D eigenvalue weighted by Crippen LogP contribution is -2.45. The first kappa shape index (κ1) is 15.2. The molecular formula is C11H13ClFN5O4. The largest absolute Gasteiger partial charge is 0.390 e. The van der Waals surface area contributed by atoms with Crippen LogP contribution in [0, 0.1) is 0 Å². The van der Waals surface area contributed by atoms with Crippen LogP contribution < -0.4 is 11.3 Å². The van der Waals surface area contributed by atoms with Crippen LogP contribution in [0.3, 0.4) is 0 Å². The molecule has 1 saturated heterocycles. The van der Waals surface area contributed by atoms with Crippen LogP contribution in [0.5, 0.6) is 0 Å². The summed E-state index contributed by atoms with van der Waals surface area (Å²) < 4.78 is 20.7. The Bertz CT molecular complexity index is 792. The van der Waals surface area contributed by atoms with E-state index in [1.54, 1.807) is 0 Å². The number of hydrogen-bond donors (Lipinski definition) is 4. The molecule has 0 saturated carbocycles. The zero-order valence-corrected chi connectivity index (χ0v) is 12.1. The molecule has 22 heavy (non-hydrogen) atoms. The quantitative estimate of drug-likeness (QED) is 0.530. The Morgan fingerprint density at radius 2 is 2.36 bits per heavy atom. The number of aliphatic hydroxyl groups is 2. The number of aliphatic hydroxyl groups excluding tert-OH is 2. The summed E-state index contributed by atoms with van der Waals surface area (Å²) in [4.78, 5) is 20.2. The van der Waals surface area contributed by atoms with E-state index in [2.05, 4.69) is 15.0 Å². The lowest BCUT2D eigenvalue weighted by atomic mass is 10.00. The number of nitrogens with one attached hydrogen (secondary N) is 1. The number of nitrogens with two attached hydrogens (primary N) is 1. The second-order valence-corrected chi connectivity index (χ2v) is 6.06. The van der Waals surface area contributed by atoms with E-state index in [4.69, 9.17) is 27.2 Å². The van der Waals surface area contributed by atoms with Crippen molar-refractivity contribution in [3.05, 3.63) is 16.7 Å². The fraction of sp³-hybridized carbons (Fsp3) is 0.545. The Morgan fingerprint density at radius 1 is 1.68 bits per heavy atom. The van der Waals surface area contributed by atoms with E-state index in [0.29, 0.717) is 0 Å². The molecular weight excluding hydrogens is 321 g/mol. The number of rotatable bonds is 2. The monoisotopic (exact) mass is 333 g/mol. The molecule has 0 amide bonds. The van der Waals surface area contributed by atoms with Crippen LogP contribution >= 0.6 is 11.6 Å². The molecule has 3 heterocycles. The number of H-pyrrole nitrogens is 1. The molecule has 1 aliphatic heterocycles. The fourth-order valence-electron chi connectivity index (χ4n) is 2.49. The zero-order valence-electron chi connectivity index (χ0n) is 11.3. The van der Waals surface area contributed by atoms with E-state index in [1.807, 2.05) is 0 Å². The average Bonchev–Trinajstić information content (AvgIpc) is 2.93. The maximum atomic E-state index is 14.4. The number of halogens is 2. The molecule has 5 N–H and O–H groups in total. The van der Waals surface area contributed by atoms with E-state index < -0.39 is 35.2 Å². The Kier molecular flexibility index (Phi) is 3.18. The van der Waals surface area contributed by atoms with Crippen molar-refractivity contribution in [3.63, 3.8) is 0 Å². The summed E-state index contributed by atoms with van der Waals surface area (Å²) in [6, 6.07) is 0. The summed E-state index contributed by atoms with van der Waals surface area (Å²) >= 11 is 6.20. The lowest BCUT2D eigenvalue weighted by Gasteiger charge is -2.26. The molecule has 0 spiro atoms. The Labute approximate surface area is 127 Å². The third kappa shape index (κ3) is 1.92. The molecule has 0 aliphatic carbocycles. The van der Waals surface area contributed by atoms with Gasteiger partial charge in [-0.15, -0.1) is 11.6 Å². The maximum absolute atomic E-state index is 14.4. The Morgan fingerprint density at radius 3 is 2.95 bits per heavy atom. The molecule has 120 valence electrons. The van der Waals surface area contributed by atoms with Crippen LogP contribution in [-0.4, -0.2) is 53.2 Å². The number of alkyl halides is 2. The van der Waals surface area contributed by atoms with Gasteiger partial charge in [0.2, 0.25) is 5.95 Å². The van der Waals surface area contributed by atoms with E-state index in [0.717, 1.165) is 0 Å². The molecule has 0 radical (unpaired) electrons. The second-order valence-electron chi connectivity index (χ2n) is 5.24. The smallest absolute Gasteiger partial charge is 0.280 e. The number of aromatic amines is 1. The lowest BCUT2D eigenvalue weighted by molar-refractivity contribution is -0.206. The number of hydrogen-bond acceptors (Lipinski definition) is 7. The second kappa shape index (κ2) is 4.62. The summed E-state index contributed by atoms with van der Waals surface area (Å²) in [5.74, 6) is -2.91. The molecule has 2 aromatic heterocycles. The van der Waals surface area contributed by atoms with Crippen LogP contribution in [0.1, 0.15) is 13.2 Å². The molecule has 0 bridgehead atoms. The number of aromatic nitrogens is 4. The highest BCUT2D eigenvalue weighted by molar-refractivity contribution is 6.24. The van der Waals surface area contributed by atoms with Gasteiger partial charge >= 0.3 is 0 Å². The summed E-state index contributed by atoms with van der Waals surface area (Å²) in [6.45, 7) is 0.249. The van der Waals surface area contributed by atoms with Crippen molar-refractivity contribution in [1.82, 2.24) is 19.5 Å². The average molecular weight is 334 g/mol. The van der Waals surface area contributed by atoms with Gasteiger partial charge in [0.25, 0.3) is 11.4 Å². The molecule has 1 aliphatic rings. The van der Waals surface area contributed by atoms with Crippen molar-refractivity contribution in [2.45, 2.75) is 30.0 Å². The van der Waals surface area contributed by atoms with Gasteiger partial charge in [-0.05, 0) is 6.92 Å². The molecule has 0 aromatic carbocycles. The highest BCUT2D eigenvalue weighted by atomic mass is 35.5.